The molecule has 7 heteroatoms. The number of nitrogens with one attached hydrogen (secondary N) is 1. The molecule has 0 aromatic heterocycles. The number of carbonyl (C=O) groups is 3. The lowest BCUT2D eigenvalue weighted by Crippen LogP contribution is -2.38. The van der Waals surface area contributed by atoms with E-state index in [1.807, 2.05) is 24.3 Å². The van der Waals surface area contributed by atoms with Crippen LogP contribution in [0.15, 0.2) is 66.7 Å². The fourth-order valence-electron chi connectivity index (χ4n) is 3.60. The Morgan fingerprint density at radius 1 is 1.06 bits per heavy atom. The second-order valence-corrected chi connectivity index (χ2v) is 7.40. The van der Waals surface area contributed by atoms with Crippen molar-refractivity contribution >= 4 is 29.2 Å². The van der Waals surface area contributed by atoms with E-state index in [2.05, 4.69) is 5.32 Å². The lowest BCUT2D eigenvalue weighted by atomic mass is 9.98. The lowest BCUT2D eigenvalue weighted by molar-refractivity contribution is -0.121. The molecule has 1 aliphatic heterocycles. The summed E-state index contributed by atoms with van der Waals surface area (Å²) in [5, 5.41) is 12.2. The Bertz CT molecular complexity index is 1190. The van der Waals surface area contributed by atoms with Crippen LogP contribution in [0.4, 0.5) is 11.4 Å². The number of nitrogens with zero attached hydrogens (tertiary/aromatic N) is 1. The summed E-state index contributed by atoms with van der Waals surface area (Å²) in [6, 6.07) is 19.5. The summed E-state index contributed by atoms with van der Waals surface area (Å²) < 4.78 is 5.57. The standard InChI is InChI=1S/C25H22N2O5/c1-2-23(28)26-18-11-12-21-22(13-18)32-15-24(29)27(21)14-16-7-9-17(10-8-16)19-5-3-4-6-20(19)25(30)31/h3-13H,2,14-15H2,1H3,(H,26,28)(H,30,31). The predicted molar refractivity (Wildman–Crippen MR) is 121 cm³/mol. The molecular weight excluding hydrogens is 408 g/mol. The van der Waals surface area contributed by atoms with Gasteiger partial charge in [0.25, 0.3) is 5.91 Å². The third-order valence-corrected chi connectivity index (χ3v) is 5.27. The van der Waals surface area contributed by atoms with Crippen LogP contribution < -0.4 is 15.0 Å². The van der Waals surface area contributed by atoms with E-state index < -0.39 is 5.97 Å². The minimum absolute atomic E-state index is 0.0811. The number of fused-ring (bicyclic) bond motifs is 1. The second kappa shape index (κ2) is 8.93. The molecule has 0 spiro atoms. The highest BCUT2D eigenvalue weighted by Gasteiger charge is 2.26. The van der Waals surface area contributed by atoms with Gasteiger partial charge in [-0.1, -0.05) is 49.4 Å². The first kappa shape index (κ1) is 21.1. The monoisotopic (exact) mass is 430 g/mol. The molecule has 2 N–H and O–H groups in total. The van der Waals surface area contributed by atoms with E-state index >= 15 is 0 Å². The van der Waals surface area contributed by atoms with E-state index in [9.17, 15) is 19.5 Å². The zero-order valence-electron chi connectivity index (χ0n) is 17.5. The van der Waals surface area contributed by atoms with Crippen molar-refractivity contribution in [2.75, 3.05) is 16.8 Å². The van der Waals surface area contributed by atoms with Crippen molar-refractivity contribution < 1.29 is 24.2 Å². The van der Waals surface area contributed by atoms with E-state index in [-0.39, 0.29) is 24.0 Å². The van der Waals surface area contributed by atoms with Crippen LogP contribution in [0, 0.1) is 0 Å². The van der Waals surface area contributed by atoms with E-state index in [1.165, 1.54) is 0 Å². The number of carbonyl (C=O) groups excluding carboxylic acids is 2. The van der Waals surface area contributed by atoms with Crippen LogP contribution in [0.1, 0.15) is 29.3 Å². The lowest BCUT2D eigenvalue weighted by Gasteiger charge is -2.30. The number of amides is 2. The molecule has 0 aliphatic carbocycles. The summed E-state index contributed by atoms with van der Waals surface area (Å²) in [7, 11) is 0. The summed E-state index contributed by atoms with van der Waals surface area (Å²) in [6.45, 7) is 2.04. The molecule has 0 radical (unpaired) electrons. The zero-order chi connectivity index (χ0) is 22.7. The molecule has 3 aromatic carbocycles. The number of carboxylic acid groups (broad SMARTS) is 1. The molecule has 0 fully saturated rings. The van der Waals surface area contributed by atoms with Gasteiger partial charge in [0.2, 0.25) is 5.91 Å². The maximum atomic E-state index is 12.5. The normalized spacial score (nSPS) is 12.7. The molecule has 3 aromatic rings. The van der Waals surface area contributed by atoms with Gasteiger partial charge in [0.15, 0.2) is 6.61 Å². The van der Waals surface area contributed by atoms with Crippen molar-refractivity contribution in [1.29, 1.82) is 0 Å². The SMILES string of the molecule is CCC(=O)Nc1ccc2c(c1)OCC(=O)N2Cc1ccc(-c2ccccc2C(=O)O)cc1. The molecule has 0 saturated heterocycles. The van der Waals surface area contributed by atoms with E-state index in [1.54, 1.807) is 54.3 Å². The molecule has 7 nitrogen and oxygen atoms in total. The number of hydrogen-bond acceptors (Lipinski definition) is 4. The van der Waals surface area contributed by atoms with Gasteiger partial charge in [-0.3, -0.25) is 9.59 Å². The number of rotatable bonds is 6. The number of anilines is 2. The maximum Gasteiger partial charge on any atom is 0.336 e. The Morgan fingerprint density at radius 3 is 2.53 bits per heavy atom. The van der Waals surface area contributed by atoms with Crippen LogP contribution in [-0.2, 0) is 16.1 Å². The average Bonchev–Trinajstić information content (AvgIpc) is 2.81. The third kappa shape index (κ3) is 4.32. The molecule has 0 bridgehead atoms. The number of hydrogen-bond donors (Lipinski definition) is 2. The van der Waals surface area contributed by atoms with Crippen molar-refractivity contribution in [3.63, 3.8) is 0 Å². The van der Waals surface area contributed by atoms with Gasteiger partial charge in [0, 0.05) is 18.2 Å². The highest BCUT2D eigenvalue weighted by atomic mass is 16.5. The molecule has 1 heterocycles. The fraction of sp³-hybridized carbons (Fsp3) is 0.160. The second-order valence-electron chi connectivity index (χ2n) is 7.40. The number of carboxylic acids is 1. The summed E-state index contributed by atoms with van der Waals surface area (Å²) >= 11 is 0. The Labute approximate surface area is 185 Å². The van der Waals surface area contributed by atoms with Crippen LogP contribution in [0.3, 0.4) is 0 Å². The summed E-state index contributed by atoms with van der Waals surface area (Å²) in [6.07, 6.45) is 0.371. The number of benzene rings is 3. The van der Waals surface area contributed by atoms with E-state index in [0.717, 1.165) is 11.1 Å². The van der Waals surface area contributed by atoms with Gasteiger partial charge in [-0.25, -0.2) is 4.79 Å². The van der Waals surface area contributed by atoms with Gasteiger partial charge >= 0.3 is 5.97 Å². The topological polar surface area (TPSA) is 95.9 Å². The Morgan fingerprint density at radius 2 is 1.81 bits per heavy atom. The van der Waals surface area contributed by atoms with Gasteiger partial charge < -0.3 is 20.1 Å². The summed E-state index contributed by atoms with van der Waals surface area (Å²) in [4.78, 5) is 37.3. The van der Waals surface area contributed by atoms with Crippen LogP contribution in [0.25, 0.3) is 11.1 Å². The first-order chi connectivity index (χ1) is 15.5. The van der Waals surface area contributed by atoms with Gasteiger partial charge in [-0.2, -0.15) is 0 Å². The summed E-state index contributed by atoms with van der Waals surface area (Å²) in [5.41, 5.74) is 3.81. The first-order valence-electron chi connectivity index (χ1n) is 10.2. The Kier molecular flexibility index (Phi) is 5.89. The van der Waals surface area contributed by atoms with Gasteiger partial charge in [0.1, 0.15) is 5.75 Å². The van der Waals surface area contributed by atoms with Crippen molar-refractivity contribution in [3.8, 4) is 16.9 Å². The van der Waals surface area contributed by atoms with Gasteiger partial charge in [-0.05, 0) is 34.9 Å². The van der Waals surface area contributed by atoms with E-state index in [4.69, 9.17) is 4.74 Å². The first-order valence-corrected chi connectivity index (χ1v) is 10.2. The van der Waals surface area contributed by atoms with E-state index in [0.29, 0.717) is 35.7 Å². The molecular formula is C25H22N2O5. The molecule has 32 heavy (non-hydrogen) atoms. The van der Waals surface area contributed by atoms with Crippen LogP contribution in [-0.4, -0.2) is 29.5 Å². The van der Waals surface area contributed by atoms with Crippen LogP contribution >= 0.6 is 0 Å². The van der Waals surface area contributed by atoms with Crippen molar-refractivity contribution in [2.45, 2.75) is 19.9 Å². The van der Waals surface area contributed by atoms with Crippen molar-refractivity contribution in [1.82, 2.24) is 0 Å². The van der Waals surface area contributed by atoms with Crippen LogP contribution in [0.2, 0.25) is 0 Å². The molecule has 162 valence electrons. The highest BCUT2D eigenvalue weighted by Crippen LogP contribution is 2.35. The third-order valence-electron chi connectivity index (χ3n) is 5.27. The molecule has 0 unspecified atom stereocenters. The quantitative estimate of drug-likeness (QED) is 0.607. The fourth-order valence-corrected chi connectivity index (χ4v) is 3.60. The van der Waals surface area contributed by atoms with Crippen LogP contribution in [0.5, 0.6) is 5.75 Å². The Balaban J connectivity index is 1.57. The molecule has 2 amide bonds. The largest absolute Gasteiger partial charge is 0.481 e. The minimum Gasteiger partial charge on any atom is -0.481 e. The maximum absolute atomic E-state index is 12.5. The molecule has 1 aliphatic rings. The smallest absolute Gasteiger partial charge is 0.336 e. The highest BCUT2D eigenvalue weighted by molar-refractivity contribution is 5.99. The average molecular weight is 430 g/mol. The predicted octanol–water partition coefficient (Wildman–Crippen LogP) is 4.33. The van der Waals surface area contributed by atoms with Crippen molar-refractivity contribution in [2.24, 2.45) is 0 Å². The molecule has 0 saturated carbocycles. The zero-order valence-corrected chi connectivity index (χ0v) is 17.5. The molecule has 0 atom stereocenters. The minimum atomic E-state index is -0.977. The van der Waals surface area contributed by atoms with Crippen molar-refractivity contribution in [3.05, 3.63) is 77.9 Å². The van der Waals surface area contributed by atoms with Gasteiger partial charge in [-0.15, -0.1) is 0 Å². The van der Waals surface area contributed by atoms with Gasteiger partial charge in [0.05, 0.1) is 17.8 Å². The summed E-state index contributed by atoms with van der Waals surface area (Å²) in [5.74, 6) is -0.707. The number of ether oxygens (including phenoxy) is 1. The Hall–Kier alpha value is -4.13. The number of aromatic carboxylic acids is 1. The molecule has 4 rings (SSSR count).